The Morgan fingerprint density at radius 1 is 1.61 bits per heavy atom. The molecule has 0 radical (unpaired) electrons. The van der Waals surface area contributed by atoms with E-state index in [-0.39, 0.29) is 11.9 Å². The summed E-state index contributed by atoms with van der Waals surface area (Å²) in [5, 5.41) is 16.1. The molecular formula is C10H10BrN5OS. The van der Waals surface area contributed by atoms with Crippen LogP contribution >= 0.6 is 27.3 Å². The van der Waals surface area contributed by atoms with E-state index in [2.05, 4.69) is 41.9 Å². The highest BCUT2D eigenvalue weighted by Crippen LogP contribution is 2.22. The first-order valence-electron chi connectivity index (χ1n) is 5.12. The van der Waals surface area contributed by atoms with Gasteiger partial charge < -0.3 is 5.32 Å². The van der Waals surface area contributed by atoms with Gasteiger partial charge in [0.2, 0.25) is 5.91 Å². The average Bonchev–Trinajstić information content (AvgIpc) is 2.97. The lowest BCUT2D eigenvalue weighted by molar-refractivity contribution is -0.117. The van der Waals surface area contributed by atoms with Crippen LogP contribution < -0.4 is 5.32 Å². The highest BCUT2D eigenvalue weighted by Gasteiger charge is 2.11. The van der Waals surface area contributed by atoms with Crippen LogP contribution in [0.4, 0.5) is 0 Å². The second kappa shape index (κ2) is 5.87. The van der Waals surface area contributed by atoms with Gasteiger partial charge in [0, 0.05) is 11.0 Å². The molecule has 0 aliphatic rings. The number of halogens is 1. The summed E-state index contributed by atoms with van der Waals surface area (Å²) in [5.74, 6) is 0.257. The Labute approximate surface area is 116 Å². The summed E-state index contributed by atoms with van der Waals surface area (Å²) >= 11 is 4.92. The van der Waals surface area contributed by atoms with Gasteiger partial charge >= 0.3 is 0 Å². The number of carbonyl (C=O) groups excluding carboxylic acids is 1. The van der Waals surface area contributed by atoms with Gasteiger partial charge in [-0.2, -0.15) is 5.21 Å². The van der Waals surface area contributed by atoms with E-state index in [0.717, 1.165) is 8.66 Å². The number of amides is 1. The Kier molecular flexibility index (Phi) is 4.21. The van der Waals surface area contributed by atoms with Crippen molar-refractivity contribution in [2.75, 3.05) is 0 Å². The van der Waals surface area contributed by atoms with Crippen molar-refractivity contribution in [3.05, 3.63) is 32.7 Å². The zero-order valence-corrected chi connectivity index (χ0v) is 11.8. The highest BCUT2D eigenvalue weighted by molar-refractivity contribution is 9.11. The fourth-order valence-electron chi connectivity index (χ4n) is 1.25. The third kappa shape index (κ3) is 3.47. The smallest absolute Gasteiger partial charge is 0.244 e. The van der Waals surface area contributed by atoms with E-state index in [9.17, 15) is 4.79 Å². The number of tetrazole rings is 1. The number of hydrogen-bond donors (Lipinski definition) is 2. The SMILES string of the molecule is CC(NC(=O)C=Cc1ccc(Br)s1)c1nn[nH]n1. The van der Waals surface area contributed by atoms with Crippen LogP contribution in [0.5, 0.6) is 0 Å². The zero-order valence-electron chi connectivity index (χ0n) is 9.42. The number of nitrogens with zero attached hydrogens (tertiary/aromatic N) is 3. The van der Waals surface area contributed by atoms with Crippen LogP contribution in [0, 0.1) is 0 Å². The second-order valence-corrected chi connectivity index (χ2v) is 5.97. The Bertz CT molecular complexity index is 550. The third-order valence-corrected chi connectivity index (χ3v) is 3.69. The molecule has 0 aliphatic carbocycles. The maximum absolute atomic E-state index is 11.6. The van der Waals surface area contributed by atoms with Crippen LogP contribution in [0.3, 0.4) is 0 Å². The number of aromatic amines is 1. The lowest BCUT2D eigenvalue weighted by Crippen LogP contribution is -2.25. The van der Waals surface area contributed by atoms with Gasteiger partial charge in [0.15, 0.2) is 5.82 Å². The molecule has 18 heavy (non-hydrogen) atoms. The maximum Gasteiger partial charge on any atom is 0.244 e. The Morgan fingerprint density at radius 3 is 3.06 bits per heavy atom. The summed E-state index contributed by atoms with van der Waals surface area (Å²) in [6.07, 6.45) is 3.24. The van der Waals surface area contributed by atoms with E-state index >= 15 is 0 Å². The van der Waals surface area contributed by atoms with Crippen molar-refractivity contribution in [3.63, 3.8) is 0 Å². The van der Waals surface area contributed by atoms with E-state index in [1.165, 1.54) is 6.08 Å². The average molecular weight is 328 g/mol. The van der Waals surface area contributed by atoms with Crippen LogP contribution in [0.1, 0.15) is 23.7 Å². The first-order valence-corrected chi connectivity index (χ1v) is 6.73. The fraction of sp³-hybridized carbons (Fsp3) is 0.200. The Morgan fingerprint density at radius 2 is 2.44 bits per heavy atom. The van der Waals surface area contributed by atoms with Crippen molar-refractivity contribution < 1.29 is 4.79 Å². The summed E-state index contributed by atoms with van der Waals surface area (Å²) in [6, 6.07) is 3.58. The van der Waals surface area contributed by atoms with Crippen LogP contribution in [0.15, 0.2) is 22.0 Å². The fourth-order valence-corrected chi connectivity index (χ4v) is 2.58. The van der Waals surface area contributed by atoms with Gasteiger partial charge in [-0.05, 0) is 41.1 Å². The van der Waals surface area contributed by atoms with Gasteiger partial charge in [-0.1, -0.05) is 5.21 Å². The lowest BCUT2D eigenvalue weighted by Gasteiger charge is -2.06. The summed E-state index contributed by atoms with van der Waals surface area (Å²) in [5.41, 5.74) is 0. The van der Waals surface area contributed by atoms with Crippen LogP contribution in [-0.4, -0.2) is 26.5 Å². The number of H-pyrrole nitrogens is 1. The van der Waals surface area contributed by atoms with Crippen LogP contribution in [0.2, 0.25) is 0 Å². The molecule has 2 N–H and O–H groups in total. The minimum absolute atomic E-state index is 0.197. The predicted molar refractivity (Wildman–Crippen MR) is 71.8 cm³/mol. The number of nitrogens with one attached hydrogen (secondary N) is 2. The molecule has 94 valence electrons. The van der Waals surface area contributed by atoms with E-state index < -0.39 is 0 Å². The molecule has 0 bridgehead atoms. The molecule has 2 heterocycles. The number of thiophene rings is 1. The highest BCUT2D eigenvalue weighted by atomic mass is 79.9. The topological polar surface area (TPSA) is 83.6 Å². The van der Waals surface area contributed by atoms with Crippen LogP contribution in [0.25, 0.3) is 6.08 Å². The van der Waals surface area contributed by atoms with Gasteiger partial charge in [-0.3, -0.25) is 4.79 Å². The van der Waals surface area contributed by atoms with E-state index in [0.29, 0.717) is 5.82 Å². The molecule has 2 aromatic heterocycles. The Balaban J connectivity index is 1.91. The van der Waals surface area contributed by atoms with Crippen molar-refractivity contribution >= 4 is 39.2 Å². The van der Waals surface area contributed by atoms with E-state index in [1.807, 2.05) is 12.1 Å². The molecule has 0 saturated carbocycles. The predicted octanol–water partition coefficient (Wildman–Crippen LogP) is 1.91. The van der Waals surface area contributed by atoms with Gasteiger partial charge in [0.1, 0.15) is 0 Å². The molecule has 2 rings (SSSR count). The number of hydrogen-bond acceptors (Lipinski definition) is 5. The number of carbonyl (C=O) groups is 1. The first kappa shape index (κ1) is 12.9. The molecule has 2 aromatic rings. The number of aromatic nitrogens is 4. The van der Waals surface area contributed by atoms with Crippen molar-refractivity contribution in [2.24, 2.45) is 0 Å². The quantitative estimate of drug-likeness (QED) is 0.840. The molecule has 1 unspecified atom stereocenters. The molecule has 0 aromatic carbocycles. The molecule has 8 heteroatoms. The molecule has 0 aliphatic heterocycles. The summed E-state index contributed by atoms with van der Waals surface area (Å²) in [6.45, 7) is 1.79. The van der Waals surface area contributed by atoms with Gasteiger partial charge in [-0.25, -0.2) is 0 Å². The third-order valence-electron chi connectivity index (χ3n) is 2.10. The summed E-state index contributed by atoms with van der Waals surface area (Å²) in [4.78, 5) is 12.6. The monoisotopic (exact) mass is 327 g/mol. The van der Waals surface area contributed by atoms with Gasteiger partial charge in [-0.15, -0.1) is 21.5 Å². The van der Waals surface area contributed by atoms with Gasteiger partial charge in [0.25, 0.3) is 0 Å². The summed E-state index contributed by atoms with van der Waals surface area (Å²) in [7, 11) is 0. The molecular weight excluding hydrogens is 318 g/mol. The second-order valence-electron chi connectivity index (χ2n) is 3.48. The molecule has 6 nitrogen and oxygen atoms in total. The van der Waals surface area contributed by atoms with Crippen LogP contribution in [-0.2, 0) is 4.79 Å². The first-order chi connectivity index (χ1) is 8.65. The molecule has 0 spiro atoms. The normalized spacial score (nSPS) is 12.8. The molecule has 0 saturated heterocycles. The maximum atomic E-state index is 11.6. The molecule has 0 fully saturated rings. The van der Waals surface area contributed by atoms with Crippen molar-refractivity contribution in [3.8, 4) is 0 Å². The van der Waals surface area contributed by atoms with Crippen molar-refractivity contribution in [1.82, 2.24) is 25.9 Å². The molecule has 1 amide bonds. The lowest BCUT2D eigenvalue weighted by atomic mass is 10.3. The van der Waals surface area contributed by atoms with Crippen molar-refractivity contribution in [1.29, 1.82) is 0 Å². The minimum Gasteiger partial charge on any atom is -0.343 e. The zero-order chi connectivity index (χ0) is 13.0. The number of rotatable bonds is 4. The van der Waals surface area contributed by atoms with Gasteiger partial charge in [0.05, 0.1) is 9.83 Å². The van der Waals surface area contributed by atoms with Crippen molar-refractivity contribution in [2.45, 2.75) is 13.0 Å². The largest absolute Gasteiger partial charge is 0.343 e. The molecule has 1 atom stereocenters. The van der Waals surface area contributed by atoms with E-state index in [1.54, 1.807) is 24.3 Å². The minimum atomic E-state index is -0.282. The van der Waals surface area contributed by atoms with E-state index in [4.69, 9.17) is 0 Å². The standard InChI is InChI=1S/C10H10BrN5OS/c1-6(10-13-15-16-14-10)12-9(17)5-3-7-2-4-8(11)18-7/h2-6H,1H3,(H,12,17)(H,13,14,15,16). The summed E-state index contributed by atoms with van der Waals surface area (Å²) < 4.78 is 1.03. The Hall–Kier alpha value is -1.54.